The third-order valence-corrected chi connectivity index (χ3v) is 11.1. The number of methoxy groups -OCH3 is 1. The van der Waals surface area contributed by atoms with Gasteiger partial charge in [0.05, 0.1) is 31.8 Å². The third kappa shape index (κ3) is 9.58. The first-order valence-electron chi connectivity index (χ1n) is 20.4. The van der Waals surface area contributed by atoms with Crippen molar-refractivity contribution >= 4 is 17.7 Å². The number of benzene rings is 2. The minimum Gasteiger partial charge on any atom is -0.497 e. The van der Waals surface area contributed by atoms with Crippen LogP contribution in [0.25, 0.3) is 0 Å². The van der Waals surface area contributed by atoms with E-state index in [1.165, 1.54) is 0 Å². The summed E-state index contributed by atoms with van der Waals surface area (Å²) in [5.74, 6) is -0.353. The Bertz CT molecular complexity index is 1700. The lowest BCUT2D eigenvalue weighted by atomic mass is 9.55. The smallest absolute Gasteiger partial charge is 0.412 e. The van der Waals surface area contributed by atoms with Gasteiger partial charge in [0.15, 0.2) is 0 Å². The quantitative estimate of drug-likeness (QED) is 0.0697. The fraction of sp³-hybridized carbons (Fsp3) is 0.568. The first kappa shape index (κ1) is 42.7. The number of amides is 2. The van der Waals surface area contributed by atoms with Crippen LogP contribution in [0.1, 0.15) is 89.2 Å². The molecule has 6 atom stereocenters. The summed E-state index contributed by atoms with van der Waals surface area (Å²) in [6.07, 6.45) is 9.20. The largest absolute Gasteiger partial charge is 0.497 e. The molecule has 2 aliphatic carbocycles. The predicted molar refractivity (Wildman–Crippen MR) is 215 cm³/mol. The van der Waals surface area contributed by atoms with E-state index in [0.717, 1.165) is 48.1 Å². The van der Waals surface area contributed by atoms with Gasteiger partial charge in [0.1, 0.15) is 29.9 Å². The molecule has 1 aliphatic heterocycles. The standard InChI is InChI=1S/C44H61N3O9/c1-6-21-47(40(50)26-30-15-14-17-32(25-30)52-5)39-29-37(46-54-9-4)35-27-31(16-10-12-22-48)34(18-11-13-23-49)41-36-28-33(55-43(51)45-8-3)19-20-38(36)56-44(39,42(35)41)53-24-7-2/h7,14-15,17,19-20,25,27-28,31,34,39,41-42,48-49H,2,6,8-13,16,18,21-24,26,29H2,1,3-5H3,(H,45,51)/t31-,34+,39-,41+,42+,44+/m0/s1. The molecule has 3 aliphatic rings. The van der Waals surface area contributed by atoms with Crippen molar-refractivity contribution in [2.75, 3.05) is 46.6 Å². The number of aliphatic hydroxyl groups excluding tert-OH is 2. The van der Waals surface area contributed by atoms with Crippen molar-refractivity contribution in [3.8, 4) is 17.2 Å². The fourth-order valence-electron chi connectivity index (χ4n) is 8.90. The number of hydrogen-bond donors (Lipinski definition) is 3. The second-order valence-corrected chi connectivity index (χ2v) is 14.7. The highest BCUT2D eigenvalue weighted by Crippen LogP contribution is 2.62. The van der Waals surface area contributed by atoms with Crippen LogP contribution < -0.4 is 19.5 Å². The predicted octanol–water partition coefficient (Wildman–Crippen LogP) is 6.94. The van der Waals surface area contributed by atoms with Gasteiger partial charge in [-0.15, -0.1) is 6.58 Å². The summed E-state index contributed by atoms with van der Waals surface area (Å²) in [5.41, 5.74) is 3.40. The molecule has 0 saturated heterocycles. The zero-order valence-corrected chi connectivity index (χ0v) is 33.5. The average Bonchev–Trinajstić information content (AvgIpc) is 3.20. The minimum absolute atomic E-state index is 0.0438. The van der Waals surface area contributed by atoms with E-state index in [1.807, 2.05) is 55.1 Å². The summed E-state index contributed by atoms with van der Waals surface area (Å²) in [4.78, 5) is 35.1. The van der Waals surface area contributed by atoms with Crippen molar-refractivity contribution < 1.29 is 43.6 Å². The molecule has 5 rings (SSSR count). The summed E-state index contributed by atoms with van der Waals surface area (Å²) < 4.78 is 25.5. The Hall–Kier alpha value is -4.39. The van der Waals surface area contributed by atoms with E-state index in [2.05, 4.69) is 24.9 Å². The van der Waals surface area contributed by atoms with Crippen molar-refractivity contribution in [1.82, 2.24) is 10.2 Å². The van der Waals surface area contributed by atoms with Crippen LogP contribution in [0.2, 0.25) is 0 Å². The average molecular weight is 776 g/mol. The summed E-state index contributed by atoms with van der Waals surface area (Å²) in [6.45, 7) is 11.4. The van der Waals surface area contributed by atoms with Crippen LogP contribution in [-0.4, -0.2) is 91.3 Å². The number of nitrogens with one attached hydrogen (secondary N) is 1. The molecule has 0 bridgehead atoms. The Morgan fingerprint density at radius 2 is 1.84 bits per heavy atom. The monoisotopic (exact) mass is 775 g/mol. The van der Waals surface area contributed by atoms with Gasteiger partial charge in [-0.05, 0) is 99.3 Å². The van der Waals surface area contributed by atoms with Crippen LogP contribution in [0.5, 0.6) is 17.2 Å². The van der Waals surface area contributed by atoms with Crippen molar-refractivity contribution in [3.05, 3.63) is 77.9 Å². The number of oxime groups is 1. The molecule has 1 heterocycles. The number of rotatable bonds is 21. The zero-order valence-electron chi connectivity index (χ0n) is 33.5. The van der Waals surface area contributed by atoms with Gasteiger partial charge in [0.25, 0.3) is 0 Å². The van der Waals surface area contributed by atoms with Crippen LogP contribution >= 0.6 is 0 Å². The normalized spacial score (nSPS) is 24.2. The van der Waals surface area contributed by atoms with Gasteiger partial charge in [0, 0.05) is 44.2 Å². The highest BCUT2D eigenvalue weighted by Gasteiger charge is 2.65. The number of nitrogens with zero attached hydrogens (tertiary/aromatic N) is 2. The molecule has 0 aromatic heterocycles. The minimum atomic E-state index is -1.37. The zero-order chi connectivity index (χ0) is 40.1. The van der Waals surface area contributed by atoms with Crippen LogP contribution in [0, 0.1) is 17.8 Å². The van der Waals surface area contributed by atoms with Gasteiger partial charge in [-0.2, -0.15) is 0 Å². The van der Waals surface area contributed by atoms with Crippen molar-refractivity contribution in [3.63, 3.8) is 0 Å². The number of carbonyl (C=O) groups excluding carboxylic acids is 2. The molecule has 12 nitrogen and oxygen atoms in total. The van der Waals surface area contributed by atoms with Crippen LogP contribution in [-0.2, 0) is 20.8 Å². The Morgan fingerprint density at radius 3 is 2.54 bits per heavy atom. The maximum atomic E-state index is 14.7. The summed E-state index contributed by atoms with van der Waals surface area (Å²) in [5, 5.41) is 27.1. The number of aliphatic hydroxyl groups is 2. The van der Waals surface area contributed by atoms with Crippen molar-refractivity contribution in [2.24, 2.45) is 22.9 Å². The van der Waals surface area contributed by atoms with Crippen LogP contribution in [0.3, 0.4) is 0 Å². The topological polar surface area (TPSA) is 148 Å². The van der Waals surface area contributed by atoms with E-state index in [0.29, 0.717) is 62.6 Å². The van der Waals surface area contributed by atoms with E-state index in [9.17, 15) is 19.8 Å². The number of fused-ring (bicyclic) bond motifs is 2. The number of unbranched alkanes of at least 4 members (excludes halogenated alkanes) is 2. The first-order chi connectivity index (χ1) is 27.3. The molecule has 306 valence electrons. The molecule has 0 unspecified atom stereocenters. The molecule has 0 spiro atoms. The SMILES string of the molecule is C=CCO[C@@]12Oc3ccc(OC(=O)NCC)cc3[C@H]3[C@H](CCCCO)[C@@H](CCCCO)C=C(C(=NOCC)C[C@@H]1N(CCC)C(=O)Cc1cccc(OC)c1)[C@H]32. The van der Waals surface area contributed by atoms with Gasteiger partial charge in [-0.1, -0.05) is 49.2 Å². The second-order valence-electron chi connectivity index (χ2n) is 14.7. The van der Waals surface area contributed by atoms with E-state index in [-0.39, 0.29) is 49.9 Å². The molecule has 0 radical (unpaired) electrons. The van der Waals surface area contributed by atoms with E-state index >= 15 is 0 Å². The summed E-state index contributed by atoms with van der Waals surface area (Å²) >= 11 is 0. The summed E-state index contributed by atoms with van der Waals surface area (Å²) in [6, 6.07) is 12.4. The molecule has 2 aromatic rings. The van der Waals surface area contributed by atoms with Crippen molar-refractivity contribution in [1.29, 1.82) is 0 Å². The van der Waals surface area contributed by atoms with Crippen LogP contribution in [0.15, 0.2) is 71.9 Å². The highest BCUT2D eigenvalue weighted by atomic mass is 16.7. The highest BCUT2D eigenvalue weighted by molar-refractivity contribution is 6.03. The number of hydrogen-bond acceptors (Lipinski definition) is 10. The molecular weight excluding hydrogens is 714 g/mol. The molecule has 2 amide bonds. The summed E-state index contributed by atoms with van der Waals surface area (Å²) in [7, 11) is 1.61. The van der Waals surface area contributed by atoms with Gasteiger partial charge in [-0.3, -0.25) is 4.79 Å². The Labute approximate surface area is 331 Å². The maximum Gasteiger partial charge on any atom is 0.412 e. The number of ether oxygens (including phenoxy) is 4. The molecule has 1 saturated carbocycles. The fourth-order valence-corrected chi connectivity index (χ4v) is 8.90. The van der Waals surface area contributed by atoms with Gasteiger partial charge < -0.3 is 44.2 Å². The molecule has 1 fully saturated rings. The lowest BCUT2D eigenvalue weighted by Gasteiger charge is -2.60. The number of carbonyl (C=O) groups is 2. The second kappa shape index (κ2) is 20.7. The molecule has 2 aromatic carbocycles. The van der Waals surface area contributed by atoms with E-state index in [1.54, 1.807) is 19.3 Å². The van der Waals surface area contributed by atoms with Crippen molar-refractivity contribution in [2.45, 2.75) is 96.3 Å². The third-order valence-electron chi connectivity index (χ3n) is 11.1. The lowest BCUT2D eigenvalue weighted by molar-refractivity contribution is -0.257. The van der Waals surface area contributed by atoms with Gasteiger partial charge in [-0.25, -0.2) is 4.79 Å². The molecular formula is C44H61N3O9. The van der Waals surface area contributed by atoms with E-state index in [4.69, 9.17) is 28.9 Å². The van der Waals surface area contributed by atoms with E-state index < -0.39 is 23.8 Å². The molecule has 56 heavy (non-hydrogen) atoms. The van der Waals surface area contributed by atoms with Gasteiger partial charge in [0.2, 0.25) is 11.7 Å². The molecule has 3 N–H and O–H groups in total. The number of allylic oxidation sites excluding steroid dienone is 1. The van der Waals surface area contributed by atoms with Gasteiger partial charge >= 0.3 is 6.09 Å². The Morgan fingerprint density at radius 1 is 1.05 bits per heavy atom. The lowest BCUT2D eigenvalue weighted by Crippen LogP contribution is -2.70. The maximum absolute atomic E-state index is 14.7. The first-order valence-corrected chi connectivity index (χ1v) is 20.4. The molecule has 12 heteroatoms. The Balaban J connectivity index is 1.75. The van der Waals surface area contributed by atoms with Crippen LogP contribution in [0.4, 0.5) is 4.79 Å². The Kier molecular flexibility index (Phi) is 15.8.